The van der Waals surface area contributed by atoms with E-state index in [4.69, 9.17) is 4.52 Å². The summed E-state index contributed by atoms with van der Waals surface area (Å²) in [5.74, 6) is 0.901. The van der Waals surface area contributed by atoms with E-state index in [1.165, 1.54) is 0 Å². The maximum atomic E-state index is 12.8. The highest BCUT2D eigenvalue weighted by Gasteiger charge is 2.32. The van der Waals surface area contributed by atoms with Crippen LogP contribution in [0.3, 0.4) is 0 Å². The summed E-state index contributed by atoms with van der Waals surface area (Å²) in [6.45, 7) is 0.893. The smallest absolute Gasteiger partial charge is 0.231 e. The van der Waals surface area contributed by atoms with Gasteiger partial charge in [0.25, 0.3) is 0 Å². The van der Waals surface area contributed by atoms with E-state index >= 15 is 0 Å². The fraction of sp³-hybridized carbons (Fsp3) is 0.316. The summed E-state index contributed by atoms with van der Waals surface area (Å²) in [6.07, 6.45) is 4.94. The van der Waals surface area contributed by atoms with Crippen molar-refractivity contribution >= 4 is 10.0 Å². The predicted molar refractivity (Wildman–Crippen MR) is 100 cm³/mol. The van der Waals surface area contributed by atoms with Gasteiger partial charge in [-0.2, -0.15) is 4.98 Å². The second-order valence-corrected chi connectivity index (χ2v) is 8.60. The van der Waals surface area contributed by atoms with E-state index in [2.05, 4.69) is 15.1 Å². The van der Waals surface area contributed by atoms with Gasteiger partial charge in [0.05, 0.1) is 11.7 Å². The van der Waals surface area contributed by atoms with Crippen molar-refractivity contribution in [3.8, 4) is 11.4 Å². The maximum absolute atomic E-state index is 12.8. The van der Waals surface area contributed by atoms with Gasteiger partial charge in [-0.05, 0) is 30.5 Å². The van der Waals surface area contributed by atoms with E-state index in [-0.39, 0.29) is 11.7 Å². The average molecular weight is 384 g/mol. The summed E-state index contributed by atoms with van der Waals surface area (Å²) in [6, 6.07) is 12.9. The van der Waals surface area contributed by atoms with Gasteiger partial charge >= 0.3 is 0 Å². The van der Waals surface area contributed by atoms with Crippen molar-refractivity contribution in [2.24, 2.45) is 0 Å². The Labute approximate surface area is 158 Å². The first-order valence-corrected chi connectivity index (χ1v) is 10.5. The molecule has 1 fully saturated rings. The van der Waals surface area contributed by atoms with Crippen molar-refractivity contribution in [2.45, 2.75) is 24.5 Å². The van der Waals surface area contributed by atoms with Crippen molar-refractivity contribution in [1.82, 2.24) is 19.4 Å². The van der Waals surface area contributed by atoms with Crippen LogP contribution in [-0.2, 0) is 15.8 Å². The Hall–Kier alpha value is -2.58. The van der Waals surface area contributed by atoms with Crippen LogP contribution in [-0.4, -0.2) is 40.9 Å². The van der Waals surface area contributed by atoms with Crippen molar-refractivity contribution in [1.29, 1.82) is 0 Å². The number of pyridine rings is 1. The molecule has 140 valence electrons. The van der Waals surface area contributed by atoms with Crippen LogP contribution in [0.25, 0.3) is 11.4 Å². The summed E-state index contributed by atoms with van der Waals surface area (Å²) in [7, 11) is -3.39. The zero-order valence-corrected chi connectivity index (χ0v) is 15.5. The van der Waals surface area contributed by atoms with Crippen molar-refractivity contribution in [2.75, 3.05) is 13.1 Å². The van der Waals surface area contributed by atoms with Crippen LogP contribution in [0.4, 0.5) is 0 Å². The van der Waals surface area contributed by atoms with Crippen LogP contribution in [0.1, 0.15) is 30.2 Å². The van der Waals surface area contributed by atoms with Crippen LogP contribution < -0.4 is 0 Å². The molecule has 4 rings (SSSR count). The maximum Gasteiger partial charge on any atom is 0.231 e. The third-order valence-electron chi connectivity index (χ3n) is 4.70. The molecule has 0 spiro atoms. The SMILES string of the molecule is O=S(=O)(Cc1ccccc1)N1CCC[C@@H](c2nc(-c3ccncc3)no2)C1. The van der Waals surface area contributed by atoms with Crippen LogP contribution >= 0.6 is 0 Å². The fourth-order valence-corrected chi connectivity index (χ4v) is 4.90. The molecule has 0 saturated carbocycles. The first-order valence-electron chi connectivity index (χ1n) is 8.87. The molecular formula is C19H20N4O3S. The van der Waals surface area contributed by atoms with Crippen LogP contribution in [0.2, 0.25) is 0 Å². The minimum Gasteiger partial charge on any atom is -0.339 e. The summed E-state index contributed by atoms with van der Waals surface area (Å²) in [5, 5.41) is 4.03. The summed E-state index contributed by atoms with van der Waals surface area (Å²) >= 11 is 0. The lowest BCUT2D eigenvalue weighted by molar-refractivity contribution is 0.265. The highest BCUT2D eigenvalue weighted by atomic mass is 32.2. The lowest BCUT2D eigenvalue weighted by atomic mass is 10.00. The number of hydrogen-bond acceptors (Lipinski definition) is 6. The number of hydrogen-bond donors (Lipinski definition) is 0. The van der Waals surface area contributed by atoms with E-state index in [9.17, 15) is 8.42 Å². The fourth-order valence-electron chi connectivity index (χ4n) is 3.29. The van der Waals surface area contributed by atoms with Crippen LogP contribution in [0.5, 0.6) is 0 Å². The predicted octanol–water partition coefficient (Wildman–Crippen LogP) is 2.84. The number of piperidine rings is 1. The van der Waals surface area contributed by atoms with Gasteiger partial charge in [0.15, 0.2) is 0 Å². The Morgan fingerprint density at radius 2 is 1.89 bits per heavy atom. The number of aromatic nitrogens is 3. The first kappa shape index (κ1) is 17.8. The molecule has 1 aliphatic heterocycles. The highest BCUT2D eigenvalue weighted by Crippen LogP contribution is 2.29. The highest BCUT2D eigenvalue weighted by molar-refractivity contribution is 7.88. The molecule has 3 aromatic rings. The van der Waals surface area contributed by atoms with E-state index < -0.39 is 10.0 Å². The van der Waals surface area contributed by atoms with E-state index in [0.29, 0.717) is 24.8 Å². The molecule has 0 bridgehead atoms. The van der Waals surface area contributed by atoms with Gasteiger partial charge in [0.2, 0.25) is 21.7 Å². The van der Waals surface area contributed by atoms with Gasteiger partial charge in [0.1, 0.15) is 0 Å². The minimum absolute atomic E-state index is 0.00661. The Bertz CT molecular complexity index is 990. The molecule has 2 aromatic heterocycles. The van der Waals surface area contributed by atoms with Gasteiger partial charge in [-0.15, -0.1) is 0 Å². The molecule has 27 heavy (non-hydrogen) atoms. The Morgan fingerprint density at radius 1 is 1.11 bits per heavy atom. The number of benzene rings is 1. The Balaban J connectivity index is 1.49. The van der Waals surface area contributed by atoms with Gasteiger partial charge in [0, 0.05) is 31.0 Å². The van der Waals surface area contributed by atoms with Crippen LogP contribution in [0, 0.1) is 0 Å². The molecule has 0 unspecified atom stereocenters. The van der Waals surface area contributed by atoms with E-state index in [1.54, 1.807) is 16.7 Å². The second-order valence-electron chi connectivity index (χ2n) is 6.63. The molecule has 8 heteroatoms. The molecule has 1 saturated heterocycles. The number of nitrogens with zero attached hydrogens (tertiary/aromatic N) is 4. The monoisotopic (exact) mass is 384 g/mol. The molecule has 0 amide bonds. The summed E-state index contributed by atoms with van der Waals surface area (Å²) in [5.41, 5.74) is 1.61. The molecule has 0 radical (unpaired) electrons. The lowest BCUT2D eigenvalue weighted by Crippen LogP contribution is -2.39. The molecule has 1 aromatic carbocycles. The third kappa shape index (κ3) is 4.06. The van der Waals surface area contributed by atoms with E-state index in [1.807, 2.05) is 42.5 Å². The third-order valence-corrected chi connectivity index (χ3v) is 6.52. The Kier molecular flexibility index (Phi) is 5.00. The zero-order chi connectivity index (χ0) is 18.7. The first-order chi connectivity index (χ1) is 13.1. The molecular weight excluding hydrogens is 364 g/mol. The largest absolute Gasteiger partial charge is 0.339 e. The van der Waals surface area contributed by atoms with Crippen molar-refractivity contribution < 1.29 is 12.9 Å². The standard InChI is InChI=1S/C19H20N4O3S/c24-27(25,14-15-5-2-1-3-6-15)23-12-4-7-17(13-23)19-21-18(22-26-19)16-8-10-20-11-9-16/h1-3,5-6,8-11,17H,4,7,12-14H2/t17-/m1/s1. The van der Waals surface area contributed by atoms with Crippen LogP contribution in [0.15, 0.2) is 59.4 Å². The lowest BCUT2D eigenvalue weighted by Gasteiger charge is -2.30. The Morgan fingerprint density at radius 3 is 2.67 bits per heavy atom. The topological polar surface area (TPSA) is 89.2 Å². The molecule has 3 heterocycles. The molecule has 7 nitrogen and oxygen atoms in total. The molecule has 0 aliphatic carbocycles. The molecule has 1 atom stereocenters. The number of rotatable bonds is 5. The van der Waals surface area contributed by atoms with Gasteiger partial charge in [-0.25, -0.2) is 12.7 Å². The average Bonchev–Trinajstić information content (AvgIpc) is 3.20. The van der Waals surface area contributed by atoms with Gasteiger partial charge in [-0.3, -0.25) is 4.98 Å². The second kappa shape index (κ2) is 7.58. The van der Waals surface area contributed by atoms with E-state index in [0.717, 1.165) is 24.0 Å². The summed E-state index contributed by atoms with van der Waals surface area (Å²) in [4.78, 5) is 8.46. The quantitative estimate of drug-likeness (QED) is 0.672. The van der Waals surface area contributed by atoms with Crippen molar-refractivity contribution in [3.05, 3.63) is 66.3 Å². The normalized spacial score (nSPS) is 18.4. The number of sulfonamides is 1. The van der Waals surface area contributed by atoms with Crippen molar-refractivity contribution in [3.63, 3.8) is 0 Å². The zero-order valence-electron chi connectivity index (χ0n) is 14.7. The molecule has 1 aliphatic rings. The van der Waals surface area contributed by atoms with Gasteiger partial charge < -0.3 is 4.52 Å². The van der Waals surface area contributed by atoms with Gasteiger partial charge in [-0.1, -0.05) is 35.5 Å². The molecule has 0 N–H and O–H groups in total. The summed E-state index contributed by atoms with van der Waals surface area (Å²) < 4.78 is 32.6. The minimum atomic E-state index is -3.39.